The van der Waals surface area contributed by atoms with E-state index < -0.39 is 0 Å². The number of hydrogen-bond acceptors (Lipinski definition) is 3. The molecule has 0 atom stereocenters. The molecule has 1 N–H and O–H groups in total. The van der Waals surface area contributed by atoms with E-state index in [4.69, 9.17) is 0 Å². The smallest absolute Gasteiger partial charge is 0.270 e. The van der Waals surface area contributed by atoms with Crippen molar-refractivity contribution in [3.8, 4) is 0 Å². The summed E-state index contributed by atoms with van der Waals surface area (Å²) in [6.45, 7) is 8.18. The minimum atomic E-state index is -0.322. The first-order valence-electron chi connectivity index (χ1n) is 5.88. The SMILES string of the molecule is CNc1c(C(C)C)cc([N+](=O)[O-])cc1C(C)C. The van der Waals surface area contributed by atoms with Crippen LogP contribution in [0.3, 0.4) is 0 Å². The Kier molecular flexibility index (Phi) is 4.10. The van der Waals surface area contributed by atoms with Crippen molar-refractivity contribution in [3.05, 3.63) is 33.4 Å². The molecule has 1 aromatic rings. The highest BCUT2D eigenvalue weighted by molar-refractivity contribution is 5.64. The number of non-ortho nitro benzene ring substituents is 1. The maximum atomic E-state index is 10.9. The molecule has 1 rings (SSSR count). The predicted octanol–water partition coefficient (Wildman–Crippen LogP) is 3.88. The van der Waals surface area contributed by atoms with Gasteiger partial charge >= 0.3 is 0 Å². The van der Waals surface area contributed by atoms with Crippen molar-refractivity contribution in [1.29, 1.82) is 0 Å². The summed E-state index contributed by atoms with van der Waals surface area (Å²) in [5.41, 5.74) is 3.22. The normalized spacial score (nSPS) is 11.0. The number of nitro groups is 1. The molecule has 0 heterocycles. The summed E-state index contributed by atoms with van der Waals surface area (Å²) in [6, 6.07) is 3.34. The van der Waals surface area contributed by atoms with E-state index in [1.807, 2.05) is 34.7 Å². The lowest BCUT2D eigenvalue weighted by Crippen LogP contribution is -2.05. The van der Waals surface area contributed by atoms with Crippen LogP contribution in [0.25, 0.3) is 0 Å². The van der Waals surface area contributed by atoms with E-state index in [2.05, 4.69) is 5.32 Å². The fraction of sp³-hybridized carbons (Fsp3) is 0.538. The van der Waals surface area contributed by atoms with Gasteiger partial charge in [0.15, 0.2) is 0 Å². The lowest BCUT2D eigenvalue weighted by atomic mass is 9.92. The third-order valence-corrected chi connectivity index (χ3v) is 2.89. The van der Waals surface area contributed by atoms with Crippen LogP contribution in [0, 0.1) is 10.1 Å². The van der Waals surface area contributed by atoms with E-state index in [-0.39, 0.29) is 22.4 Å². The van der Waals surface area contributed by atoms with Crippen LogP contribution < -0.4 is 5.32 Å². The Morgan fingerprint density at radius 1 is 1.12 bits per heavy atom. The standard InChI is InChI=1S/C13H20N2O2/c1-8(2)11-6-10(15(16)17)7-12(9(3)4)13(11)14-5/h6-9,14H,1-5H3. The molecule has 94 valence electrons. The monoisotopic (exact) mass is 236 g/mol. The van der Waals surface area contributed by atoms with Crippen molar-refractivity contribution in [2.75, 3.05) is 12.4 Å². The van der Waals surface area contributed by atoms with Crippen molar-refractivity contribution < 1.29 is 4.92 Å². The predicted molar refractivity (Wildman–Crippen MR) is 70.8 cm³/mol. The molecule has 0 bridgehead atoms. The van der Waals surface area contributed by atoms with Crippen LogP contribution in [0.5, 0.6) is 0 Å². The number of anilines is 1. The number of nitrogens with one attached hydrogen (secondary N) is 1. The zero-order chi connectivity index (χ0) is 13.2. The Balaban J connectivity index is 3.51. The van der Waals surface area contributed by atoms with E-state index >= 15 is 0 Å². The second kappa shape index (κ2) is 5.17. The van der Waals surface area contributed by atoms with E-state index in [9.17, 15) is 10.1 Å². The second-order valence-electron chi connectivity index (χ2n) is 4.82. The highest BCUT2D eigenvalue weighted by Gasteiger charge is 2.19. The average Bonchev–Trinajstić information content (AvgIpc) is 2.26. The van der Waals surface area contributed by atoms with Crippen molar-refractivity contribution in [1.82, 2.24) is 0 Å². The summed E-state index contributed by atoms with van der Waals surface area (Å²) in [4.78, 5) is 10.6. The summed E-state index contributed by atoms with van der Waals surface area (Å²) in [5.74, 6) is 0.518. The molecule has 0 fully saturated rings. The lowest BCUT2D eigenvalue weighted by Gasteiger charge is -2.19. The fourth-order valence-corrected chi connectivity index (χ4v) is 1.98. The van der Waals surface area contributed by atoms with Gasteiger partial charge in [0.2, 0.25) is 0 Å². The van der Waals surface area contributed by atoms with Crippen LogP contribution in [-0.2, 0) is 0 Å². The Hall–Kier alpha value is -1.58. The van der Waals surface area contributed by atoms with Gasteiger partial charge in [0, 0.05) is 24.9 Å². The minimum absolute atomic E-state index is 0.177. The summed E-state index contributed by atoms with van der Waals surface area (Å²) in [7, 11) is 1.86. The molecule has 4 nitrogen and oxygen atoms in total. The van der Waals surface area contributed by atoms with Crippen LogP contribution >= 0.6 is 0 Å². The zero-order valence-corrected chi connectivity index (χ0v) is 11.1. The van der Waals surface area contributed by atoms with Crippen molar-refractivity contribution in [2.45, 2.75) is 39.5 Å². The summed E-state index contributed by atoms with van der Waals surface area (Å²) < 4.78 is 0. The Morgan fingerprint density at radius 3 is 1.76 bits per heavy atom. The van der Waals surface area contributed by atoms with Gasteiger partial charge < -0.3 is 5.32 Å². The Labute approximate surface area is 102 Å². The number of nitrogens with zero attached hydrogens (tertiary/aromatic N) is 1. The Morgan fingerprint density at radius 2 is 1.53 bits per heavy atom. The van der Waals surface area contributed by atoms with Crippen LogP contribution in [0.4, 0.5) is 11.4 Å². The fourth-order valence-electron chi connectivity index (χ4n) is 1.98. The van der Waals surface area contributed by atoms with E-state index in [0.717, 1.165) is 16.8 Å². The molecular formula is C13H20N2O2. The molecule has 0 aromatic heterocycles. The number of benzene rings is 1. The average molecular weight is 236 g/mol. The minimum Gasteiger partial charge on any atom is -0.388 e. The first kappa shape index (κ1) is 13.5. The third-order valence-electron chi connectivity index (χ3n) is 2.89. The molecule has 0 amide bonds. The second-order valence-corrected chi connectivity index (χ2v) is 4.82. The molecule has 0 aliphatic carbocycles. The maximum absolute atomic E-state index is 10.9. The first-order chi connectivity index (χ1) is 7.88. The molecule has 0 spiro atoms. The molecule has 0 saturated heterocycles. The van der Waals surface area contributed by atoms with Gasteiger partial charge in [0.25, 0.3) is 5.69 Å². The topological polar surface area (TPSA) is 55.2 Å². The van der Waals surface area contributed by atoms with Crippen LogP contribution in [0.1, 0.15) is 50.7 Å². The Bertz CT molecular complexity index is 396. The van der Waals surface area contributed by atoms with Gasteiger partial charge in [-0.05, 0) is 23.0 Å². The molecule has 0 saturated carbocycles. The molecule has 4 heteroatoms. The highest BCUT2D eigenvalue weighted by atomic mass is 16.6. The molecule has 0 aliphatic heterocycles. The van der Waals surface area contributed by atoms with Gasteiger partial charge in [-0.15, -0.1) is 0 Å². The van der Waals surface area contributed by atoms with Crippen molar-refractivity contribution >= 4 is 11.4 Å². The van der Waals surface area contributed by atoms with Crippen molar-refractivity contribution in [3.63, 3.8) is 0 Å². The largest absolute Gasteiger partial charge is 0.388 e. The third kappa shape index (κ3) is 2.75. The summed E-state index contributed by atoms with van der Waals surface area (Å²) in [5, 5.41) is 14.1. The van der Waals surface area contributed by atoms with Gasteiger partial charge in [0.1, 0.15) is 0 Å². The van der Waals surface area contributed by atoms with Gasteiger partial charge in [-0.1, -0.05) is 27.7 Å². The van der Waals surface area contributed by atoms with Gasteiger partial charge in [-0.2, -0.15) is 0 Å². The van der Waals surface area contributed by atoms with Crippen LogP contribution in [-0.4, -0.2) is 12.0 Å². The number of nitro benzene ring substituents is 1. The van der Waals surface area contributed by atoms with Gasteiger partial charge in [0.05, 0.1) is 4.92 Å². The first-order valence-corrected chi connectivity index (χ1v) is 5.88. The van der Waals surface area contributed by atoms with Crippen LogP contribution in [0.2, 0.25) is 0 Å². The van der Waals surface area contributed by atoms with E-state index in [1.165, 1.54) is 0 Å². The molecule has 0 aliphatic rings. The van der Waals surface area contributed by atoms with E-state index in [0.29, 0.717) is 0 Å². The summed E-state index contributed by atoms with van der Waals surface area (Å²) in [6.07, 6.45) is 0. The molecule has 1 aromatic carbocycles. The zero-order valence-electron chi connectivity index (χ0n) is 11.1. The van der Waals surface area contributed by atoms with Crippen LogP contribution in [0.15, 0.2) is 12.1 Å². The lowest BCUT2D eigenvalue weighted by molar-refractivity contribution is -0.385. The van der Waals surface area contributed by atoms with Gasteiger partial charge in [-0.3, -0.25) is 10.1 Å². The number of rotatable bonds is 4. The molecule has 0 radical (unpaired) electrons. The van der Waals surface area contributed by atoms with Crippen molar-refractivity contribution in [2.24, 2.45) is 0 Å². The molecule has 17 heavy (non-hydrogen) atoms. The highest BCUT2D eigenvalue weighted by Crippen LogP contribution is 2.35. The molecular weight excluding hydrogens is 216 g/mol. The van der Waals surface area contributed by atoms with E-state index in [1.54, 1.807) is 12.1 Å². The summed E-state index contributed by atoms with van der Waals surface area (Å²) >= 11 is 0. The molecule has 0 unspecified atom stereocenters. The quantitative estimate of drug-likeness (QED) is 0.637. The van der Waals surface area contributed by atoms with Gasteiger partial charge in [-0.25, -0.2) is 0 Å². The number of hydrogen-bond donors (Lipinski definition) is 1. The maximum Gasteiger partial charge on any atom is 0.270 e.